The molecular weight excluding hydrogens is 256 g/mol. The molecule has 0 aromatic heterocycles. The molecule has 110 valence electrons. The van der Waals surface area contributed by atoms with Crippen molar-refractivity contribution >= 4 is 11.8 Å². The largest absolute Gasteiger partial charge is 0.494 e. The first kappa shape index (κ1) is 16.0. The molecule has 2 N–H and O–H groups in total. The van der Waals surface area contributed by atoms with Crippen molar-refractivity contribution in [3.05, 3.63) is 29.8 Å². The van der Waals surface area contributed by atoms with Crippen molar-refractivity contribution in [3.8, 4) is 5.75 Å². The summed E-state index contributed by atoms with van der Waals surface area (Å²) in [5.41, 5.74) is 0.983. The minimum Gasteiger partial charge on any atom is -0.494 e. The molecule has 0 heterocycles. The Hall–Kier alpha value is -2.04. The van der Waals surface area contributed by atoms with Crippen molar-refractivity contribution in [3.63, 3.8) is 0 Å². The van der Waals surface area contributed by atoms with E-state index in [4.69, 9.17) is 4.74 Å². The van der Waals surface area contributed by atoms with E-state index >= 15 is 0 Å². The van der Waals surface area contributed by atoms with Crippen molar-refractivity contribution in [1.82, 2.24) is 10.6 Å². The van der Waals surface area contributed by atoms with Crippen LogP contribution in [0.25, 0.3) is 0 Å². The Morgan fingerprint density at radius 1 is 1.15 bits per heavy atom. The normalized spacial score (nSPS) is 13.2. The number of hydrogen-bond acceptors (Lipinski definition) is 3. The van der Waals surface area contributed by atoms with Gasteiger partial charge in [0.1, 0.15) is 11.8 Å². The Balaban J connectivity index is 2.59. The second kappa shape index (κ2) is 7.53. The van der Waals surface area contributed by atoms with Gasteiger partial charge in [0.15, 0.2) is 0 Å². The van der Waals surface area contributed by atoms with Crippen LogP contribution in [0.2, 0.25) is 0 Å². The van der Waals surface area contributed by atoms with Crippen molar-refractivity contribution in [1.29, 1.82) is 0 Å². The van der Waals surface area contributed by atoms with Crippen LogP contribution in [0.1, 0.15) is 39.3 Å². The van der Waals surface area contributed by atoms with Gasteiger partial charge < -0.3 is 15.4 Å². The van der Waals surface area contributed by atoms with Gasteiger partial charge >= 0.3 is 0 Å². The Kier molecular flexibility index (Phi) is 6.03. The molecule has 0 aliphatic rings. The quantitative estimate of drug-likeness (QED) is 0.833. The van der Waals surface area contributed by atoms with E-state index in [1.807, 2.05) is 38.1 Å². The first-order chi connectivity index (χ1) is 9.43. The number of carbonyl (C=O) groups is 2. The zero-order valence-electron chi connectivity index (χ0n) is 12.4. The lowest BCUT2D eigenvalue weighted by atomic mass is 10.1. The summed E-state index contributed by atoms with van der Waals surface area (Å²) in [6.07, 6.45) is 0. The van der Waals surface area contributed by atoms with Gasteiger partial charge in [0, 0.05) is 6.92 Å². The van der Waals surface area contributed by atoms with Crippen molar-refractivity contribution in [2.75, 3.05) is 6.61 Å². The van der Waals surface area contributed by atoms with Gasteiger partial charge in [0.25, 0.3) is 0 Å². The minimum atomic E-state index is -0.544. The molecule has 0 spiro atoms. The third-order valence-electron chi connectivity index (χ3n) is 2.86. The molecule has 0 bridgehead atoms. The lowest BCUT2D eigenvalue weighted by Gasteiger charge is -2.18. The average Bonchev–Trinajstić information content (AvgIpc) is 2.39. The van der Waals surface area contributed by atoms with Crippen LogP contribution in [0, 0.1) is 0 Å². The van der Waals surface area contributed by atoms with Crippen LogP contribution in [0.4, 0.5) is 0 Å². The first-order valence-electron chi connectivity index (χ1n) is 6.74. The summed E-state index contributed by atoms with van der Waals surface area (Å²) >= 11 is 0. The van der Waals surface area contributed by atoms with E-state index < -0.39 is 6.04 Å². The second-order valence-electron chi connectivity index (χ2n) is 4.65. The third-order valence-corrected chi connectivity index (χ3v) is 2.86. The predicted octanol–water partition coefficient (Wildman–Crippen LogP) is 1.79. The molecular formula is C15H22N2O3. The Bertz CT molecular complexity index is 457. The molecule has 1 rings (SSSR count). The van der Waals surface area contributed by atoms with E-state index in [2.05, 4.69) is 10.6 Å². The maximum atomic E-state index is 11.9. The fourth-order valence-electron chi connectivity index (χ4n) is 1.81. The Labute approximate surface area is 119 Å². The highest BCUT2D eigenvalue weighted by molar-refractivity contribution is 5.86. The molecule has 0 fully saturated rings. The van der Waals surface area contributed by atoms with Gasteiger partial charge in [-0.05, 0) is 38.5 Å². The van der Waals surface area contributed by atoms with Gasteiger partial charge in [-0.25, -0.2) is 0 Å². The highest BCUT2D eigenvalue weighted by Crippen LogP contribution is 2.17. The van der Waals surface area contributed by atoms with Crippen LogP contribution in [-0.2, 0) is 9.59 Å². The summed E-state index contributed by atoms with van der Waals surface area (Å²) in [5, 5.41) is 5.41. The van der Waals surface area contributed by atoms with Crippen LogP contribution in [-0.4, -0.2) is 24.5 Å². The SMILES string of the molecule is CCOc1ccc([C@@H](C)NC(=O)[C@@H](C)NC(C)=O)cc1. The smallest absolute Gasteiger partial charge is 0.242 e. The van der Waals surface area contributed by atoms with Crippen LogP contribution in [0.3, 0.4) is 0 Å². The van der Waals surface area contributed by atoms with Crippen LogP contribution in [0.15, 0.2) is 24.3 Å². The van der Waals surface area contributed by atoms with E-state index in [1.54, 1.807) is 6.92 Å². The summed E-state index contributed by atoms with van der Waals surface area (Å²) in [7, 11) is 0. The molecule has 2 amide bonds. The monoisotopic (exact) mass is 278 g/mol. The summed E-state index contributed by atoms with van der Waals surface area (Å²) in [5.74, 6) is 0.379. The van der Waals surface area contributed by atoms with Gasteiger partial charge in [0.2, 0.25) is 11.8 Å². The zero-order chi connectivity index (χ0) is 15.1. The van der Waals surface area contributed by atoms with Crippen molar-refractivity contribution < 1.29 is 14.3 Å². The molecule has 0 saturated heterocycles. The van der Waals surface area contributed by atoms with E-state index in [0.29, 0.717) is 6.61 Å². The molecule has 0 unspecified atom stereocenters. The summed E-state index contributed by atoms with van der Waals surface area (Å²) < 4.78 is 5.37. The minimum absolute atomic E-state index is 0.130. The number of ether oxygens (including phenoxy) is 1. The van der Waals surface area contributed by atoms with Crippen LogP contribution in [0.5, 0.6) is 5.75 Å². The predicted molar refractivity (Wildman–Crippen MR) is 77.4 cm³/mol. The molecule has 0 radical (unpaired) electrons. The summed E-state index contributed by atoms with van der Waals surface area (Å²) in [6.45, 7) is 7.50. The zero-order valence-corrected chi connectivity index (χ0v) is 12.4. The van der Waals surface area contributed by atoms with Gasteiger partial charge in [-0.1, -0.05) is 12.1 Å². The van der Waals surface area contributed by atoms with Gasteiger partial charge in [-0.15, -0.1) is 0 Å². The number of carbonyl (C=O) groups excluding carboxylic acids is 2. The van der Waals surface area contributed by atoms with Gasteiger partial charge in [-0.3, -0.25) is 9.59 Å². The fourth-order valence-corrected chi connectivity index (χ4v) is 1.81. The third kappa shape index (κ3) is 4.91. The number of amides is 2. The van der Waals surface area contributed by atoms with Crippen LogP contribution < -0.4 is 15.4 Å². The molecule has 1 aromatic rings. The average molecular weight is 278 g/mol. The summed E-state index contributed by atoms with van der Waals surface area (Å²) in [6, 6.07) is 6.90. The number of rotatable bonds is 6. The lowest BCUT2D eigenvalue weighted by Crippen LogP contribution is -2.44. The first-order valence-corrected chi connectivity index (χ1v) is 6.74. The molecule has 20 heavy (non-hydrogen) atoms. The van der Waals surface area contributed by atoms with Crippen molar-refractivity contribution in [2.45, 2.75) is 39.8 Å². The van der Waals surface area contributed by atoms with Crippen LogP contribution >= 0.6 is 0 Å². The molecule has 0 saturated carbocycles. The maximum Gasteiger partial charge on any atom is 0.242 e. The maximum absolute atomic E-state index is 11.9. The molecule has 0 aliphatic heterocycles. The van der Waals surface area contributed by atoms with E-state index in [0.717, 1.165) is 11.3 Å². The molecule has 5 heteroatoms. The lowest BCUT2D eigenvalue weighted by molar-refractivity contribution is -0.128. The Morgan fingerprint density at radius 2 is 1.75 bits per heavy atom. The van der Waals surface area contributed by atoms with Gasteiger partial charge in [-0.2, -0.15) is 0 Å². The molecule has 2 atom stereocenters. The highest BCUT2D eigenvalue weighted by atomic mass is 16.5. The molecule has 0 aliphatic carbocycles. The van der Waals surface area contributed by atoms with E-state index in [1.165, 1.54) is 6.92 Å². The van der Waals surface area contributed by atoms with Crippen molar-refractivity contribution in [2.24, 2.45) is 0 Å². The standard InChI is InChI=1S/C15H22N2O3/c1-5-20-14-8-6-13(7-9-14)10(2)17-15(19)11(3)16-12(4)18/h6-11H,5H2,1-4H3,(H,16,18)(H,17,19)/t10-,11-/m1/s1. The fraction of sp³-hybridized carbons (Fsp3) is 0.467. The van der Waals surface area contributed by atoms with E-state index in [9.17, 15) is 9.59 Å². The topological polar surface area (TPSA) is 67.4 Å². The van der Waals surface area contributed by atoms with Gasteiger partial charge in [0.05, 0.1) is 12.6 Å². The highest BCUT2D eigenvalue weighted by Gasteiger charge is 2.16. The number of hydrogen-bond donors (Lipinski definition) is 2. The summed E-state index contributed by atoms with van der Waals surface area (Å²) in [4.78, 5) is 22.8. The molecule has 5 nitrogen and oxygen atoms in total. The number of benzene rings is 1. The molecule has 1 aromatic carbocycles. The number of nitrogens with one attached hydrogen (secondary N) is 2. The second-order valence-corrected chi connectivity index (χ2v) is 4.65. The Morgan fingerprint density at radius 3 is 2.25 bits per heavy atom. The van der Waals surface area contributed by atoms with E-state index in [-0.39, 0.29) is 17.9 Å².